The Morgan fingerprint density at radius 3 is 2.90 bits per heavy atom. The van der Waals surface area contributed by atoms with Crippen molar-refractivity contribution >= 4 is 17.3 Å². The molecule has 0 aromatic carbocycles. The summed E-state index contributed by atoms with van der Waals surface area (Å²) in [4.78, 5) is 8.53. The molecule has 1 saturated heterocycles. The standard InChI is InChI=1S/C16H28N4S/c1-3-8-18-16(17)19-12-14(15-5-4-11-21-15)20-9-6-13(2)7-10-20/h4-5,11,13-14H,3,6-10,12H2,1-2H3,(H3,17,18,19). The van der Waals surface area contributed by atoms with Crippen molar-refractivity contribution < 1.29 is 0 Å². The van der Waals surface area contributed by atoms with Gasteiger partial charge in [-0.3, -0.25) is 9.89 Å². The van der Waals surface area contributed by atoms with Gasteiger partial charge >= 0.3 is 0 Å². The summed E-state index contributed by atoms with van der Waals surface area (Å²) < 4.78 is 0. The maximum atomic E-state index is 5.94. The smallest absolute Gasteiger partial charge is 0.188 e. The van der Waals surface area contributed by atoms with Gasteiger partial charge in [0, 0.05) is 11.4 Å². The molecule has 21 heavy (non-hydrogen) atoms. The summed E-state index contributed by atoms with van der Waals surface area (Å²) in [5.41, 5.74) is 5.94. The summed E-state index contributed by atoms with van der Waals surface area (Å²) in [6, 6.07) is 4.72. The van der Waals surface area contributed by atoms with Crippen molar-refractivity contribution in [3.05, 3.63) is 22.4 Å². The summed E-state index contributed by atoms with van der Waals surface area (Å²) in [6.07, 6.45) is 3.64. The first-order valence-corrected chi connectivity index (χ1v) is 8.90. The zero-order chi connectivity index (χ0) is 15.1. The van der Waals surface area contributed by atoms with E-state index in [9.17, 15) is 0 Å². The average molecular weight is 308 g/mol. The lowest BCUT2D eigenvalue weighted by Gasteiger charge is -2.35. The van der Waals surface area contributed by atoms with E-state index in [-0.39, 0.29) is 0 Å². The number of likely N-dealkylation sites (tertiary alicyclic amines) is 1. The van der Waals surface area contributed by atoms with Crippen LogP contribution in [0.2, 0.25) is 0 Å². The van der Waals surface area contributed by atoms with Crippen LogP contribution in [0.1, 0.15) is 44.0 Å². The highest BCUT2D eigenvalue weighted by molar-refractivity contribution is 7.10. The molecule has 1 aromatic rings. The van der Waals surface area contributed by atoms with Crippen molar-refractivity contribution in [3.63, 3.8) is 0 Å². The van der Waals surface area contributed by atoms with Gasteiger partial charge in [-0.25, -0.2) is 0 Å². The predicted molar refractivity (Wildman–Crippen MR) is 91.8 cm³/mol. The van der Waals surface area contributed by atoms with Crippen molar-refractivity contribution in [3.8, 4) is 0 Å². The molecule has 5 heteroatoms. The van der Waals surface area contributed by atoms with Gasteiger partial charge in [-0.1, -0.05) is 19.9 Å². The van der Waals surface area contributed by atoms with Gasteiger partial charge in [-0.2, -0.15) is 0 Å². The van der Waals surface area contributed by atoms with Gasteiger partial charge in [0.05, 0.1) is 12.6 Å². The van der Waals surface area contributed by atoms with E-state index >= 15 is 0 Å². The molecular weight excluding hydrogens is 280 g/mol. The maximum absolute atomic E-state index is 5.94. The van der Waals surface area contributed by atoms with Crippen LogP contribution in [-0.2, 0) is 0 Å². The van der Waals surface area contributed by atoms with Crippen molar-refractivity contribution in [2.45, 2.75) is 39.2 Å². The van der Waals surface area contributed by atoms with Gasteiger partial charge in [0.2, 0.25) is 0 Å². The molecule has 1 unspecified atom stereocenters. The number of piperidine rings is 1. The second-order valence-electron chi connectivity index (χ2n) is 5.90. The number of thiophene rings is 1. The number of nitrogens with two attached hydrogens (primary N) is 1. The first-order valence-electron chi connectivity index (χ1n) is 8.02. The molecule has 0 amide bonds. The molecule has 4 nitrogen and oxygen atoms in total. The molecule has 118 valence electrons. The van der Waals surface area contributed by atoms with Crippen LogP contribution in [-0.4, -0.2) is 37.0 Å². The fourth-order valence-corrected chi connectivity index (χ4v) is 3.55. The second-order valence-corrected chi connectivity index (χ2v) is 6.88. The molecule has 1 fully saturated rings. The molecule has 0 saturated carbocycles. The summed E-state index contributed by atoms with van der Waals surface area (Å²) in [6.45, 7) is 8.45. The SMILES string of the molecule is CCCNC(N)=NCC(c1cccs1)N1CCC(C)CC1. The first-order chi connectivity index (χ1) is 10.2. The molecule has 0 spiro atoms. The van der Waals surface area contributed by atoms with Crippen molar-refractivity contribution in [1.82, 2.24) is 10.2 Å². The fourth-order valence-electron chi connectivity index (χ4n) is 2.70. The Morgan fingerprint density at radius 2 is 2.29 bits per heavy atom. The molecule has 0 bridgehead atoms. The van der Waals surface area contributed by atoms with Crippen molar-refractivity contribution in [1.29, 1.82) is 0 Å². The Hall–Kier alpha value is -1.07. The largest absolute Gasteiger partial charge is 0.370 e. The summed E-state index contributed by atoms with van der Waals surface area (Å²) >= 11 is 1.82. The molecule has 1 aliphatic rings. The number of guanidine groups is 1. The van der Waals surface area contributed by atoms with Crippen LogP contribution >= 0.6 is 11.3 Å². The average Bonchev–Trinajstić information content (AvgIpc) is 3.01. The topological polar surface area (TPSA) is 53.6 Å². The normalized spacial score (nSPS) is 19.6. The van der Waals surface area contributed by atoms with E-state index < -0.39 is 0 Å². The molecule has 1 aromatic heterocycles. The van der Waals surface area contributed by atoms with Crippen LogP contribution in [0.5, 0.6) is 0 Å². The molecule has 2 heterocycles. The number of hydrogen-bond acceptors (Lipinski definition) is 3. The van der Waals surface area contributed by atoms with E-state index in [1.165, 1.54) is 30.8 Å². The Morgan fingerprint density at radius 1 is 1.52 bits per heavy atom. The van der Waals surface area contributed by atoms with Crippen LogP contribution in [0.3, 0.4) is 0 Å². The third kappa shape index (κ3) is 5.00. The fraction of sp³-hybridized carbons (Fsp3) is 0.688. The number of nitrogens with zero attached hydrogens (tertiary/aromatic N) is 2. The monoisotopic (exact) mass is 308 g/mol. The van der Waals surface area contributed by atoms with Crippen LogP contribution in [0.15, 0.2) is 22.5 Å². The van der Waals surface area contributed by atoms with E-state index in [0.717, 1.165) is 25.4 Å². The Balaban J connectivity index is 2.00. The van der Waals surface area contributed by atoms with Crippen LogP contribution in [0, 0.1) is 5.92 Å². The van der Waals surface area contributed by atoms with Gasteiger partial charge in [0.1, 0.15) is 0 Å². The number of nitrogens with one attached hydrogen (secondary N) is 1. The van der Waals surface area contributed by atoms with Crippen LogP contribution in [0.4, 0.5) is 0 Å². The highest BCUT2D eigenvalue weighted by atomic mass is 32.1. The van der Waals surface area contributed by atoms with Crippen molar-refractivity contribution in [2.24, 2.45) is 16.6 Å². The van der Waals surface area contributed by atoms with Gasteiger partial charge in [0.25, 0.3) is 0 Å². The van der Waals surface area contributed by atoms with E-state index in [4.69, 9.17) is 5.73 Å². The van der Waals surface area contributed by atoms with E-state index in [1.54, 1.807) is 0 Å². The molecule has 1 atom stereocenters. The highest BCUT2D eigenvalue weighted by Crippen LogP contribution is 2.29. The lowest BCUT2D eigenvalue weighted by Crippen LogP contribution is -2.38. The minimum Gasteiger partial charge on any atom is -0.370 e. The molecule has 3 N–H and O–H groups in total. The highest BCUT2D eigenvalue weighted by Gasteiger charge is 2.25. The molecule has 0 aliphatic carbocycles. The molecular formula is C16H28N4S. The summed E-state index contributed by atoms with van der Waals surface area (Å²) in [7, 11) is 0. The Bertz CT molecular complexity index is 421. The third-order valence-corrected chi connectivity index (χ3v) is 5.09. The Kier molecular flexibility index (Phi) is 6.51. The summed E-state index contributed by atoms with van der Waals surface area (Å²) in [5, 5.41) is 5.31. The van der Waals surface area contributed by atoms with Crippen LogP contribution < -0.4 is 11.1 Å². The second kappa shape index (κ2) is 8.39. The van der Waals surface area contributed by atoms with E-state index in [2.05, 4.69) is 46.6 Å². The zero-order valence-electron chi connectivity index (χ0n) is 13.2. The molecule has 2 rings (SSSR count). The minimum absolute atomic E-state index is 0.375. The molecule has 0 radical (unpaired) electrons. The predicted octanol–water partition coefficient (Wildman–Crippen LogP) is 2.84. The quantitative estimate of drug-likeness (QED) is 0.627. The number of rotatable bonds is 6. The minimum atomic E-state index is 0.375. The van der Waals surface area contributed by atoms with E-state index in [1.807, 2.05) is 11.3 Å². The van der Waals surface area contributed by atoms with Gasteiger partial charge in [-0.15, -0.1) is 11.3 Å². The third-order valence-electron chi connectivity index (χ3n) is 4.12. The van der Waals surface area contributed by atoms with Gasteiger partial charge in [0.15, 0.2) is 5.96 Å². The number of aliphatic imine (C=N–C) groups is 1. The lowest BCUT2D eigenvalue weighted by atomic mass is 9.97. The Labute approximate surface area is 132 Å². The zero-order valence-corrected chi connectivity index (χ0v) is 14.0. The maximum Gasteiger partial charge on any atom is 0.188 e. The van der Waals surface area contributed by atoms with Crippen molar-refractivity contribution in [2.75, 3.05) is 26.2 Å². The van der Waals surface area contributed by atoms with Gasteiger partial charge in [-0.05, 0) is 49.7 Å². The van der Waals surface area contributed by atoms with E-state index in [0.29, 0.717) is 12.0 Å². The lowest BCUT2D eigenvalue weighted by molar-refractivity contribution is 0.143. The first kappa shape index (κ1) is 16.3. The number of hydrogen-bond donors (Lipinski definition) is 2. The van der Waals surface area contributed by atoms with Crippen LogP contribution in [0.25, 0.3) is 0 Å². The molecule has 1 aliphatic heterocycles. The summed E-state index contributed by atoms with van der Waals surface area (Å²) in [5.74, 6) is 1.42. The van der Waals surface area contributed by atoms with Gasteiger partial charge < -0.3 is 11.1 Å².